The molecule has 1 atom stereocenters. The minimum absolute atomic E-state index is 0.744. The van der Waals surface area contributed by atoms with E-state index in [-0.39, 0.29) is 0 Å². The van der Waals surface area contributed by atoms with Crippen molar-refractivity contribution in [2.24, 2.45) is 5.92 Å². The number of hydrogen-bond acceptors (Lipinski definition) is 2. The van der Waals surface area contributed by atoms with E-state index in [2.05, 4.69) is 23.5 Å². The molecule has 2 heteroatoms. The zero-order valence-electron chi connectivity index (χ0n) is 10.0. The predicted molar refractivity (Wildman–Crippen MR) is 66.9 cm³/mol. The molecule has 16 heavy (non-hydrogen) atoms. The van der Waals surface area contributed by atoms with Crippen LogP contribution in [0.5, 0.6) is 5.75 Å². The molecular weight excluding hydrogens is 198 g/mol. The zero-order chi connectivity index (χ0) is 11.2. The van der Waals surface area contributed by atoms with Crippen LogP contribution in [-0.2, 0) is 6.42 Å². The largest absolute Gasteiger partial charge is 0.494 e. The van der Waals surface area contributed by atoms with Gasteiger partial charge in [0.1, 0.15) is 5.75 Å². The molecule has 0 aromatic heterocycles. The Morgan fingerprint density at radius 1 is 1.44 bits per heavy atom. The molecule has 0 spiro atoms. The lowest BCUT2D eigenvalue weighted by Gasteiger charge is -2.22. The molecule has 1 N–H and O–H groups in total. The molecule has 2 nitrogen and oxygen atoms in total. The van der Waals surface area contributed by atoms with Gasteiger partial charge in [0, 0.05) is 0 Å². The first-order valence-electron chi connectivity index (χ1n) is 6.31. The Labute approximate surface area is 98.0 Å². The monoisotopic (exact) mass is 219 g/mol. The van der Waals surface area contributed by atoms with Crippen molar-refractivity contribution in [1.82, 2.24) is 5.32 Å². The Morgan fingerprint density at radius 3 is 3.12 bits per heavy atom. The topological polar surface area (TPSA) is 21.3 Å². The highest BCUT2D eigenvalue weighted by molar-refractivity contribution is 5.28. The summed E-state index contributed by atoms with van der Waals surface area (Å²) in [4.78, 5) is 0. The third-order valence-corrected chi connectivity index (χ3v) is 3.13. The molecule has 2 rings (SSSR count). The minimum Gasteiger partial charge on any atom is -0.494 e. The van der Waals surface area contributed by atoms with Gasteiger partial charge in [-0.2, -0.15) is 0 Å². The van der Waals surface area contributed by atoms with Crippen molar-refractivity contribution < 1.29 is 4.74 Å². The quantitative estimate of drug-likeness (QED) is 0.840. The summed E-state index contributed by atoms with van der Waals surface area (Å²) in [6.45, 7) is 5.13. The number of benzene rings is 1. The van der Waals surface area contributed by atoms with Gasteiger partial charge in [-0.1, -0.05) is 12.1 Å². The van der Waals surface area contributed by atoms with E-state index in [1.807, 2.05) is 13.0 Å². The molecule has 1 aliphatic heterocycles. The molecule has 0 radical (unpaired) electrons. The second-order valence-electron chi connectivity index (χ2n) is 4.50. The summed E-state index contributed by atoms with van der Waals surface area (Å²) >= 11 is 0. The lowest BCUT2D eigenvalue weighted by atomic mass is 9.92. The Balaban J connectivity index is 1.94. The van der Waals surface area contributed by atoms with Crippen LogP contribution in [0.3, 0.4) is 0 Å². The summed E-state index contributed by atoms with van der Waals surface area (Å²) < 4.78 is 5.52. The van der Waals surface area contributed by atoms with Crippen LogP contribution in [0, 0.1) is 5.92 Å². The molecule has 1 aliphatic rings. The maximum Gasteiger partial charge on any atom is 0.119 e. The fraction of sp³-hybridized carbons (Fsp3) is 0.571. The van der Waals surface area contributed by atoms with Crippen molar-refractivity contribution in [3.63, 3.8) is 0 Å². The third kappa shape index (κ3) is 3.24. The molecule has 0 aliphatic carbocycles. The first kappa shape index (κ1) is 11.5. The SMILES string of the molecule is CCOc1cccc(CC2CCCNC2)c1. The van der Waals surface area contributed by atoms with Gasteiger partial charge in [0.2, 0.25) is 0 Å². The summed E-state index contributed by atoms with van der Waals surface area (Å²) in [6, 6.07) is 8.51. The highest BCUT2D eigenvalue weighted by atomic mass is 16.5. The number of piperidine rings is 1. The van der Waals surface area contributed by atoms with E-state index in [1.54, 1.807) is 0 Å². The number of nitrogens with one attached hydrogen (secondary N) is 1. The maximum absolute atomic E-state index is 5.52. The van der Waals surface area contributed by atoms with E-state index in [9.17, 15) is 0 Å². The van der Waals surface area contributed by atoms with Gasteiger partial charge < -0.3 is 10.1 Å². The molecule has 1 aromatic rings. The summed E-state index contributed by atoms with van der Waals surface area (Å²) in [5.41, 5.74) is 1.40. The average Bonchev–Trinajstić information content (AvgIpc) is 2.31. The molecule has 1 aromatic carbocycles. The molecule has 1 unspecified atom stereocenters. The van der Waals surface area contributed by atoms with E-state index in [4.69, 9.17) is 4.74 Å². The Morgan fingerprint density at radius 2 is 2.38 bits per heavy atom. The number of ether oxygens (including phenoxy) is 1. The lowest BCUT2D eigenvalue weighted by Crippen LogP contribution is -2.30. The van der Waals surface area contributed by atoms with Gasteiger partial charge in [-0.05, 0) is 62.9 Å². The lowest BCUT2D eigenvalue weighted by molar-refractivity contribution is 0.338. The summed E-state index contributed by atoms with van der Waals surface area (Å²) in [5, 5.41) is 3.46. The van der Waals surface area contributed by atoms with E-state index < -0.39 is 0 Å². The second-order valence-corrected chi connectivity index (χ2v) is 4.50. The Hall–Kier alpha value is -1.02. The molecule has 1 fully saturated rings. The van der Waals surface area contributed by atoms with Crippen LogP contribution < -0.4 is 10.1 Å². The van der Waals surface area contributed by atoms with E-state index in [1.165, 1.54) is 37.9 Å². The van der Waals surface area contributed by atoms with Crippen LogP contribution in [0.15, 0.2) is 24.3 Å². The summed E-state index contributed by atoms with van der Waals surface area (Å²) in [6.07, 6.45) is 3.84. The van der Waals surface area contributed by atoms with E-state index in [0.29, 0.717) is 0 Å². The second kappa shape index (κ2) is 5.90. The van der Waals surface area contributed by atoms with Gasteiger partial charge >= 0.3 is 0 Å². The van der Waals surface area contributed by atoms with Gasteiger partial charge in [0.05, 0.1) is 6.61 Å². The highest BCUT2D eigenvalue weighted by Crippen LogP contribution is 2.19. The van der Waals surface area contributed by atoms with Crippen molar-refractivity contribution in [2.45, 2.75) is 26.2 Å². The van der Waals surface area contributed by atoms with Crippen molar-refractivity contribution in [1.29, 1.82) is 0 Å². The highest BCUT2D eigenvalue weighted by Gasteiger charge is 2.13. The maximum atomic E-state index is 5.52. The van der Waals surface area contributed by atoms with Gasteiger partial charge in [-0.3, -0.25) is 0 Å². The van der Waals surface area contributed by atoms with Gasteiger partial charge in [0.25, 0.3) is 0 Å². The normalized spacial score (nSPS) is 20.7. The van der Waals surface area contributed by atoms with Crippen LogP contribution in [0.1, 0.15) is 25.3 Å². The average molecular weight is 219 g/mol. The fourth-order valence-corrected chi connectivity index (χ4v) is 2.36. The van der Waals surface area contributed by atoms with Crippen LogP contribution >= 0.6 is 0 Å². The van der Waals surface area contributed by atoms with Crippen LogP contribution in [-0.4, -0.2) is 19.7 Å². The van der Waals surface area contributed by atoms with Crippen LogP contribution in [0.25, 0.3) is 0 Å². The van der Waals surface area contributed by atoms with Crippen molar-refractivity contribution in [3.8, 4) is 5.75 Å². The standard InChI is InChI=1S/C14H21NO/c1-2-16-14-7-3-5-12(10-14)9-13-6-4-8-15-11-13/h3,5,7,10,13,15H,2,4,6,8-9,11H2,1H3. The molecule has 88 valence electrons. The van der Waals surface area contributed by atoms with Gasteiger partial charge in [-0.15, -0.1) is 0 Å². The van der Waals surface area contributed by atoms with Crippen LogP contribution in [0.4, 0.5) is 0 Å². The van der Waals surface area contributed by atoms with Gasteiger partial charge in [0.15, 0.2) is 0 Å². The Kier molecular flexibility index (Phi) is 4.23. The molecule has 0 saturated carbocycles. The smallest absolute Gasteiger partial charge is 0.119 e. The first-order valence-corrected chi connectivity index (χ1v) is 6.31. The van der Waals surface area contributed by atoms with Gasteiger partial charge in [-0.25, -0.2) is 0 Å². The molecular formula is C14H21NO. The van der Waals surface area contributed by atoms with Crippen molar-refractivity contribution >= 4 is 0 Å². The number of hydrogen-bond donors (Lipinski definition) is 1. The van der Waals surface area contributed by atoms with Crippen LogP contribution in [0.2, 0.25) is 0 Å². The Bertz CT molecular complexity index is 318. The molecule has 1 heterocycles. The fourth-order valence-electron chi connectivity index (χ4n) is 2.36. The van der Waals surface area contributed by atoms with E-state index in [0.717, 1.165) is 18.3 Å². The van der Waals surface area contributed by atoms with E-state index >= 15 is 0 Å². The van der Waals surface area contributed by atoms with Crippen molar-refractivity contribution in [2.75, 3.05) is 19.7 Å². The molecule has 0 amide bonds. The predicted octanol–water partition coefficient (Wildman–Crippen LogP) is 2.63. The first-order chi connectivity index (χ1) is 7.88. The molecule has 1 saturated heterocycles. The number of rotatable bonds is 4. The minimum atomic E-state index is 0.744. The van der Waals surface area contributed by atoms with Crippen molar-refractivity contribution in [3.05, 3.63) is 29.8 Å². The summed E-state index contributed by atoms with van der Waals surface area (Å²) in [7, 11) is 0. The summed E-state index contributed by atoms with van der Waals surface area (Å²) in [5.74, 6) is 1.80. The zero-order valence-corrected chi connectivity index (χ0v) is 10.0. The third-order valence-electron chi connectivity index (χ3n) is 3.13. The molecule has 0 bridgehead atoms.